The van der Waals surface area contributed by atoms with E-state index in [0.717, 1.165) is 10.0 Å². The summed E-state index contributed by atoms with van der Waals surface area (Å²) < 4.78 is 56.6. The molecule has 1 saturated heterocycles. The van der Waals surface area contributed by atoms with Crippen LogP contribution in [0.4, 0.5) is 28.9 Å². The Hall–Kier alpha value is -5.54. The number of halogens is 4. The Morgan fingerprint density at radius 1 is 0.953 bits per heavy atom. The van der Waals surface area contributed by atoms with Gasteiger partial charge in [-0.05, 0) is 11.1 Å². The van der Waals surface area contributed by atoms with E-state index in [0.29, 0.717) is 16.8 Å². The van der Waals surface area contributed by atoms with Gasteiger partial charge in [-0.1, -0.05) is 47.7 Å². The van der Waals surface area contributed by atoms with Crippen LogP contribution in [0.25, 0.3) is 0 Å². The maximum absolute atomic E-state index is 14.5. The highest BCUT2D eigenvalue weighted by atomic mass is 19.2. The van der Waals surface area contributed by atoms with Crippen molar-refractivity contribution >= 4 is 34.8 Å². The minimum atomic E-state index is -1.95. The number of amides is 3. The molecule has 0 saturated carbocycles. The summed E-state index contributed by atoms with van der Waals surface area (Å²) in [6.45, 7) is -0.672. The number of hydrazone groups is 1. The van der Waals surface area contributed by atoms with Crippen molar-refractivity contribution in [3.8, 4) is 0 Å². The number of rotatable bonds is 6. The molecule has 3 aromatic carbocycles. The molecule has 0 radical (unpaired) electrons. The number of non-ortho nitro benzene ring substituents is 1. The van der Waals surface area contributed by atoms with Crippen molar-refractivity contribution < 1.29 is 36.9 Å². The van der Waals surface area contributed by atoms with Gasteiger partial charge in [-0.2, -0.15) is 10.2 Å². The van der Waals surface area contributed by atoms with Crippen molar-refractivity contribution in [1.29, 1.82) is 0 Å². The summed E-state index contributed by atoms with van der Waals surface area (Å²) in [6.07, 6.45) is 0.232. The molecule has 0 aromatic heterocycles. The molecule has 3 aliphatic rings. The van der Waals surface area contributed by atoms with Gasteiger partial charge in [-0.25, -0.2) is 27.5 Å². The molecule has 0 N–H and O–H groups in total. The van der Waals surface area contributed by atoms with Crippen LogP contribution in [0.15, 0.2) is 76.1 Å². The standard InChI is InChI=1S/C27H17F4N7O5/c28-16-10-17(29)22(31)24(21(16)30)36-26(40)23-25(27(36)41)35(34-32-23)12-20(39)37-19(14-6-8-15(9-7-14)38(42)43)11-18(33-37)13-4-2-1-3-5-13/h1-10,19,23,25H,11-12H2/t19-,23-,25+/m1/s1. The zero-order valence-electron chi connectivity index (χ0n) is 21.6. The van der Waals surface area contributed by atoms with Crippen molar-refractivity contribution in [1.82, 2.24) is 10.0 Å². The van der Waals surface area contributed by atoms with Gasteiger partial charge in [0.05, 0.1) is 16.7 Å². The van der Waals surface area contributed by atoms with Crippen molar-refractivity contribution in [2.45, 2.75) is 24.5 Å². The maximum atomic E-state index is 14.5. The highest BCUT2D eigenvalue weighted by Crippen LogP contribution is 2.37. The number of hydrogen-bond donors (Lipinski definition) is 0. The smallest absolute Gasteiger partial charge is 0.269 e. The lowest BCUT2D eigenvalue weighted by Crippen LogP contribution is -2.45. The van der Waals surface area contributed by atoms with Crippen LogP contribution < -0.4 is 4.90 Å². The third-order valence-electron chi connectivity index (χ3n) is 7.23. The lowest BCUT2D eigenvalue weighted by molar-refractivity contribution is -0.384. The van der Waals surface area contributed by atoms with E-state index in [1.807, 2.05) is 0 Å². The molecule has 0 aliphatic carbocycles. The Kier molecular flexibility index (Phi) is 6.67. The zero-order chi connectivity index (χ0) is 30.6. The molecule has 16 heteroatoms. The summed E-state index contributed by atoms with van der Waals surface area (Å²) in [5.41, 5.74) is 0.0670. The van der Waals surface area contributed by atoms with Crippen LogP contribution in [0.5, 0.6) is 0 Å². The Morgan fingerprint density at radius 2 is 1.60 bits per heavy atom. The second-order valence-electron chi connectivity index (χ2n) is 9.74. The fraction of sp³-hybridized carbons (Fsp3) is 0.185. The third kappa shape index (κ3) is 4.56. The molecule has 43 heavy (non-hydrogen) atoms. The SMILES string of the molecule is O=C1[C@@H]2[C@@H](N=NN2CC(=O)N2N=C(c3ccccc3)C[C@@H]2c2ccc([N+](=O)[O-])cc2)C(=O)N1c1c(F)c(F)cc(F)c1F. The van der Waals surface area contributed by atoms with Gasteiger partial charge in [-0.3, -0.25) is 29.5 Å². The van der Waals surface area contributed by atoms with E-state index in [-0.39, 0.29) is 23.1 Å². The quantitative estimate of drug-likeness (QED) is 0.140. The normalized spacial score (nSPS) is 21.1. The minimum absolute atomic E-state index is 0.0387. The molecule has 3 heterocycles. The van der Waals surface area contributed by atoms with Gasteiger partial charge in [0.15, 0.2) is 35.4 Å². The van der Waals surface area contributed by atoms with Crippen LogP contribution >= 0.6 is 0 Å². The Labute approximate surface area is 238 Å². The number of hydrogen-bond acceptors (Lipinski definition) is 9. The molecule has 3 aromatic rings. The second kappa shape index (κ2) is 10.4. The summed E-state index contributed by atoms with van der Waals surface area (Å²) in [5.74, 6) is -10.8. The Balaban J connectivity index is 1.28. The monoisotopic (exact) mass is 595 g/mol. The van der Waals surface area contributed by atoms with Crippen LogP contribution in [0.1, 0.15) is 23.6 Å². The van der Waals surface area contributed by atoms with E-state index in [1.54, 1.807) is 30.3 Å². The highest BCUT2D eigenvalue weighted by Gasteiger charge is 2.57. The maximum Gasteiger partial charge on any atom is 0.269 e. The summed E-state index contributed by atoms with van der Waals surface area (Å²) in [6, 6.07) is 10.4. The molecular formula is C27H17F4N7O5. The lowest BCUT2D eigenvalue weighted by Gasteiger charge is -2.25. The first-order valence-corrected chi connectivity index (χ1v) is 12.6. The van der Waals surface area contributed by atoms with Crippen LogP contribution in [0.3, 0.4) is 0 Å². The average Bonchev–Trinajstić information content (AvgIpc) is 3.69. The number of carbonyl (C=O) groups is 3. The molecule has 1 fully saturated rings. The van der Waals surface area contributed by atoms with Gasteiger partial charge in [0, 0.05) is 24.6 Å². The van der Waals surface area contributed by atoms with Crippen molar-refractivity contribution in [3.63, 3.8) is 0 Å². The van der Waals surface area contributed by atoms with Gasteiger partial charge in [0.25, 0.3) is 23.4 Å². The third-order valence-corrected chi connectivity index (χ3v) is 7.23. The molecule has 3 aliphatic heterocycles. The van der Waals surface area contributed by atoms with E-state index in [2.05, 4.69) is 15.4 Å². The molecular weight excluding hydrogens is 578 g/mol. The number of anilines is 1. The molecule has 0 spiro atoms. The molecule has 6 rings (SSSR count). The number of benzene rings is 3. The Morgan fingerprint density at radius 3 is 2.23 bits per heavy atom. The van der Waals surface area contributed by atoms with Crippen molar-refractivity contribution in [2.24, 2.45) is 15.4 Å². The van der Waals surface area contributed by atoms with Crippen molar-refractivity contribution in [2.75, 3.05) is 11.4 Å². The lowest BCUT2D eigenvalue weighted by atomic mass is 9.98. The number of nitrogens with zero attached hydrogens (tertiary/aromatic N) is 7. The first kappa shape index (κ1) is 27.6. The molecule has 0 unspecified atom stereocenters. The molecule has 12 nitrogen and oxygen atoms in total. The summed E-state index contributed by atoms with van der Waals surface area (Å²) in [7, 11) is 0. The van der Waals surface area contributed by atoms with Gasteiger partial charge in [0.1, 0.15) is 12.2 Å². The van der Waals surface area contributed by atoms with E-state index < -0.39 is 76.3 Å². The first-order valence-electron chi connectivity index (χ1n) is 12.6. The number of nitro benzene ring substituents is 1. The summed E-state index contributed by atoms with van der Waals surface area (Å²) >= 11 is 0. The fourth-order valence-electron chi connectivity index (χ4n) is 5.17. The number of imide groups is 1. The van der Waals surface area contributed by atoms with Crippen LogP contribution in [-0.4, -0.2) is 57.0 Å². The zero-order valence-corrected chi connectivity index (χ0v) is 21.6. The van der Waals surface area contributed by atoms with E-state index in [4.69, 9.17) is 0 Å². The average molecular weight is 595 g/mol. The van der Waals surface area contributed by atoms with E-state index in [1.165, 1.54) is 24.3 Å². The number of carbonyl (C=O) groups excluding carboxylic acids is 3. The van der Waals surface area contributed by atoms with Crippen LogP contribution in [0.2, 0.25) is 0 Å². The molecule has 3 atom stereocenters. The molecule has 0 bridgehead atoms. The van der Waals surface area contributed by atoms with Crippen LogP contribution in [0, 0.1) is 33.4 Å². The molecule has 3 amide bonds. The highest BCUT2D eigenvalue weighted by molar-refractivity contribution is 6.25. The second-order valence-corrected chi connectivity index (χ2v) is 9.74. The van der Waals surface area contributed by atoms with Gasteiger partial charge >= 0.3 is 0 Å². The predicted octanol–water partition coefficient (Wildman–Crippen LogP) is 3.82. The van der Waals surface area contributed by atoms with Gasteiger partial charge < -0.3 is 0 Å². The number of nitro groups is 1. The van der Waals surface area contributed by atoms with E-state index in [9.17, 15) is 42.1 Å². The van der Waals surface area contributed by atoms with Crippen LogP contribution in [-0.2, 0) is 14.4 Å². The summed E-state index contributed by atoms with van der Waals surface area (Å²) in [4.78, 5) is 50.2. The van der Waals surface area contributed by atoms with Crippen molar-refractivity contribution in [3.05, 3.63) is 105 Å². The Bertz CT molecular complexity index is 1730. The van der Waals surface area contributed by atoms with Gasteiger partial charge in [-0.15, -0.1) is 0 Å². The minimum Gasteiger partial charge on any atom is -0.271 e. The van der Waals surface area contributed by atoms with Gasteiger partial charge in [0.2, 0.25) is 0 Å². The predicted molar refractivity (Wildman–Crippen MR) is 138 cm³/mol. The topological polar surface area (TPSA) is 141 Å². The fourth-order valence-corrected chi connectivity index (χ4v) is 5.17. The molecule has 218 valence electrons. The number of fused-ring (bicyclic) bond motifs is 1. The first-order chi connectivity index (χ1) is 20.6. The van der Waals surface area contributed by atoms with E-state index >= 15 is 0 Å². The summed E-state index contributed by atoms with van der Waals surface area (Å²) in [5, 5.41) is 24.9. The largest absolute Gasteiger partial charge is 0.271 e.